The third kappa shape index (κ3) is 4.70. The van der Waals surface area contributed by atoms with Gasteiger partial charge < -0.3 is 0 Å². The number of nitrogens with one attached hydrogen (secondary N) is 1. The van der Waals surface area contributed by atoms with Crippen molar-refractivity contribution >= 4 is 57.6 Å². The van der Waals surface area contributed by atoms with Crippen LogP contribution in [0.5, 0.6) is 0 Å². The fourth-order valence-electron chi connectivity index (χ4n) is 3.03. The number of hydrogen-bond acceptors (Lipinski definition) is 7. The maximum absolute atomic E-state index is 12.7. The molecule has 2 aromatic heterocycles. The third-order valence-corrected chi connectivity index (χ3v) is 7.81. The summed E-state index contributed by atoms with van der Waals surface area (Å²) >= 11 is -3.71. The molecule has 158 valence electrons. The molecule has 0 atom stereocenters. The maximum atomic E-state index is 12.7. The number of aromatic nitrogens is 2. The molecule has 0 fully saturated rings. The SMILES string of the molecule is Cc1c(C(=O)OCc2ccccc2)sc2ncnc(Nc3ccc([As](=O)(O)O)cc3)c12. The molecular formula is C21H18AsN3O5S. The molecule has 3 N–H and O–H groups in total. The van der Waals surface area contributed by atoms with E-state index in [9.17, 15) is 16.7 Å². The number of carbonyl (C=O) groups is 1. The Morgan fingerprint density at radius 2 is 1.81 bits per heavy atom. The van der Waals surface area contributed by atoms with Gasteiger partial charge in [0.1, 0.15) is 0 Å². The molecule has 0 spiro atoms. The van der Waals surface area contributed by atoms with E-state index in [0.717, 1.165) is 5.56 Å². The Labute approximate surface area is 184 Å². The molecule has 0 aliphatic heterocycles. The van der Waals surface area contributed by atoms with Crippen LogP contribution in [0.2, 0.25) is 0 Å². The van der Waals surface area contributed by atoms with E-state index in [0.29, 0.717) is 32.2 Å². The van der Waals surface area contributed by atoms with Crippen LogP contribution in [0.25, 0.3) is 10.2 Å². The number of nitrogens with zero attached hydrogens (tertiary/aromatic N) is 2. The van der Waals surface area contributed by atoms with Crippen molar-refractivity contribution in [2.45, 2.75) is 13.5 Å². The van der Waals surface area contributed by atoms with Gasteiger partial charge in [-0.05, 0) is 5.56 Å². The number of anilines is 2. The minimum atomic E-state index is -4.94. The van der Waals surface area contributed by atoms with E-state index in [1.807, 2.05) is 37.3 Å². The zero-order valence-corrected chi connectivity index (χ0v) is 19.0. The summed E-state index contributed by atoms with van der Waals surface area (Å²) in [4.78, 5) is 22.3. The molecule has 2 heterocycles. The summed E-state index contributed by atoms with van der Waals surface area (Å²) in [5.74, 6) is 0.0682. The summed E-state index contributed by atoms with van der Waals surface area (Å²) in [5, 5.41) is 3.83. The molecule has 4 aromatic rings. The van der Waals surface area contributed by atoms with E-state index in [-0.39, 0.29) is 11.0 Å². The topological polar surface area (TPSA) is 122 Å². The number of hydrogen-bond donors (Lipinski definition) is 3. The first kappa shape index (κ1) is 21.3. The van der Waals surface area contributed by atoms with Crippen molar-refractivity contribution in [1.82, 2.24) is 9.97 Å². The molecule has 8 nitrogen and oxygen atoms in total. The first-order chi connectivity index (χ1) is 14.8. The van der Waals surface area contributed by atoms with Crippen molar-refractivity contribution in [2.75, 3.05) is 5.32 Å². The molecule has 0 amide bonds. The molecule has 2 aromatic carbocycles. The minimum absolute atomic E-state index is 0.00771. The number of benzene rings is 2. The fourth-order valence-corrected chi connectivity index (χ4v) is 5.20. The molecular weight excluding hydrogens is 481 g/mol. The predicted octanol–water partition coefficient (Wildman–Crippen LogP) is 2.66. The van der Waals surface area contributed by atoms with Gasteiger partial charge >= 0.3 is 149 Å². The van der Waals surface area contributed by atoms with E-state index in [1.165, 1.54) is 29.8 Å². The molecule has 0 unspecified atom stereocenters. The number of rotatable bonds is 6. The van der Waals surface area contributed by atoms with Crippen molar-refractivity contribution in [1.29, 1.82) is 0 Å². The molecule has 0 saturated heterocycles. The number of fused-ring (bicyclic) bond motifs is 1. The first-order valence-electron chi connectivity index (χ1n) is 9.21. The van der Waals surface area contributed by atoms with Crippen LogP contribution >= 0.6 is 11.3 Å². The third-order valence-electron chi connectivity index (χ3n) is 4.59. The van der Waals surface area contributed by atoms with Crippen LogP contribution < -0.4 is 9.67 Å². The number of carbonyl (C=O) groups excluding carboxylic acids is 1. The summed E-state index contributed by atoms with van der Waals surface area (Å²) in [6.45, 7) is 1.99. The normalized spacial score (nSPS) is 11.5. The van der Waals surface area contributed by atoms with Gasteiger partial charge in [-0.1, -0.05) is 30.3 Å². The van der Waals surface area contributed by atoms with E-state index in [4.69, 9.17) is 4.74 Å². The van der Waals surface area contributed by atoms with Gasteiger partial charge in [0.25, 0.3) is 0 Å². The van der Waals surface area contributed by atoms with Gasteiger partial charge in [-0.15, -0.1) is 0 Å². The van der Waals surface area contributed by atoms with E-state index >= 15 is 0 Å². The Bertz CT molecular complexity index is 1290. The number of thiophene rings is 1. The summed E-state index contributed by atoms with van der Waals surface area (Å²) in [6.07, 6.45) is 1.40. The number of esters is 1. The molecule has 4 rings (SSSR count). The van der Waals surface area contributed by atoms with Crippen LogP contribution in [-0.2, 0) is 15.1 Å². The molecule has 0 aliphatic carbocycles. The standard InChI is InChI=1S/C21H18AsN3O5S/c1-13-17-19(25-16-9-7-15(8-10-16)22(27,28)29)23-12-24-20(17)31-18(13)21(26)30-11-14-5-3-2-4-6-14/h2-10,12H,11H2,1H3,(H,23,24,25)(H2,27,28,29). The van der Waals surface area contributed by atoms with Crippen LogP contribution in [0.3, 0.4) is 0 Å². The van der Waals surface area contributed by atoms with Crippen LogP contribution in [0.1, 0.15) is 20.8 Å². The van der Waals surface area contributed by atoms with Gasteiger partial charge in [-0.3, -0.25) is 0 Å². The zero-order valence-electron chi connectivity index (χ0n) is 16.3. The second-order valence-corrected chi connectivity index (χ2v) is 11.1. The second kappa shape index (κ2) is 8.64. The van der Waals surface area contributed by atoms with Gasteiger partial charge in [0.15, 0.2) is 0 Å². The molecule has 0 bridgehead atoms. The molecule has 0 aliphatic rings. The average Bonchev–Trinajstić information content (AvgIpc) is 3.10. The average molecular weight is 499 g/mol. The zero-order chi connectivity index (χ0) is 22.0. The summed E-state index contributed by atoms with van der Waals surface area (Å²) in [7, 11) is 0. The van der Waals surface area contributed by atoms with Crippen LogP contribution in [0.15, 0.2) is 60.9 Å². The predicted molar refractivity (Wildman–Crippen MR) is 118 cm³/mol. The Morgan fingerprint density at radius 3 is 2.48 bits per heavy atom. The van der Waals surface area contributed by atoms with E-state index in [2.05, 4.69) is 15.3 Å². The number of ether oxygens (including phenoxy) is 1. The summed E-state index contributed by atoms with van der Waals surface area (Å²) in [6, 6.07) is 15.3. The van der Waals surface area contributed by atoms with Crippen LogP contribution in [0, 0.1) is 6.92 Å². The van der Waals surface area contributed by atoms with Crippen LogP contribution in [0.4, 0.5) is 11.5 Å². The summed E-state index contributed by atoms with van der Waals surface area (Å²) in [5.41, 5.74) is 2.21. The summed E-state index contributed by atoms with van der Waals surface area (Å²) < 4.78 is 35.5. The number of aryl methyl sites for hydroxylation is 1. The van der Waals surface area contributed by atoms with Crippen molar-refractivity contribution in [3.05, 3.63) is 76.9 Å². The molecule has 10 heteroatoms. The van der Waals surface area contributed by atoms with Crippen molar-refractivity contribution < 1.29 is 21.5 Å². The molecule has 0 radical (unpaired) electrons. The monoisotopic (exact) mass is 499 g/mol. The Kier molecular flexibility index (Phi) is 5.93. The Hall–Kier alpha value is -2.97. The van der Waals surface area contributed by atoms with Gasteiger partial charge in [-0.25, -0.2) is 0 Å². The van der Waals surface area contributed by atoms with Crippen molar-refractivity contribution in [2.24, 2.45) is 0 Å². The van der Waals surface area contributed by atoms with Gasteiger partial charge in [0.05, 0.1) is 0 Å². The Balaban J connectivity index is 1.59. The van der Waals surface area contributed by atoms with Crippen molar-refractivity contribution in [3.8, 4) is 0 Å². The van der Waals surface area contributed by atoms with Gasteiger partial charge in [0.2, 0.25) is 0 Å². The first-order valence-corrected chi connectivity index (χ1v) is 13.4. The molecule has 0 saturated carbocycles. The van der Waals surface area contributed by atoms with Gasteiger partial charge in [-0.2, -0.15) is 0 Å². The Morgan fingerprint density at radius 1 is 1.10 bits per heavy atom. The second-order valence-electron chi connectivity index (χ2n) is 6.74. The quantitative estimate of drug-likeness (QED) is 0.274. The van der Waals surface area contributed by atoms with E-state index in [1.54, 1.807) is 12.1 Å². The fraction of sp³-hybridized carbons (Fsp3) is 0.0952. The van der Waals surface area contributed by atoms with Crippen LogP contribution in [-0.4, -0.2) is 38.3 Å². The van der Waals surface area contributed by atoms with E-state index < -0.39 is 20.1 Å². The van der Waals surface area contributed by atoms with Crippen molar-refractivity contribution in [3.63, 3.8) is 0 Å². The molecule has 31 heavy (non-hydrogen) atoms. The van der Waals surface area contributed by atoms with Gasteiger partial charge in [0, 0.05) is 0 Å².